The van der Waals surface area contributed by atoms with Gasteiger partial charge in [0.15, 0.2) is 0 Å². The fourth-order valence-corrected chi connectivity index (χ4v) is 1.89. The van der Waals surface area contributed by atoms with Crippen molar-refractivity contribution in [1.29, 1.82) is 5.26 Å². The molecule has 0 unspecified atom stereocenters. The number of allylic oxidation sites excluding steroid dienone is 3. The van der Waals surface area contributed by atoms with Crippen LogP contribution in [0.1, 0.15) is 40.5 Å². The molecule has 1 saturated heterocycles. The molecule has 0 amide bonds. The van der Waals surface area contributed by atoms with E-state index in [-0.39, 0.29) is 0 Å². The van der Waals surface area contributed by atoms with E-state index >= 15 is 0 Å². The highest BCUT2D eigenvalue weighted by atomic mass is 15.1. The van der Waals surface area contributed by atoms with Gasteiger partial charge in [0, 0.05) is 12.5 Å². The molecule has 0 aromatic carbocycles. The first-order valence-electron chi connectivity index (χ1n) is 6.66. The normalized spacial score (nSPS) is 18.6. The van der Waals surface area contributed by atoms with E-state index in [1.165, 1.54) is 5.57 Å². The largest absolute Gasteiger partial charge is 0.299 e. The highest BCUT2D eigenvalue weighted by Crippen LogP contribution is 2.16. The minimum atomic E-state index is 0.293. The van der Waals surface area contributed by atoms with Crippen molar-refractivity contribution in [2.24, 2.45) is 5.92 Å². The Labute approximate surface area is 107 Å². The molecule has 0 radical (unpaired) electrons. The van der Waals surface area contributed by atoms with E-state index in [9.17, 15) is 0 Å². The van der Waals surface area contributed by atoms with Gasteiger partial charge in [0.1, 0.15) is 0 Å². The second-order valence-corrected chi connectivity index (χ2v) is 4.22. The molecule has 0 aliphatic carbocycles. The number of rotatable bonds is 3. The van der Waals surface area contributed by atoms with Crippen LogP contribution >= 0.6 is 0 Å². The van der Waals surface area contributed by atoms with Crippen LogP contribution in [0.5, 0.6) is 0 Å². The Hall–Kier alpha value is -1.07. The van der Waals surface area contributed by atoms with Crippen molar-refractivity contribution in [2.75, 3.05) is 19.6 Å². The molecule has 1 heterocycles. The number of nitrogens with zero attached hydrogens (tertiary/aromatic N) is 2. The third-order valence-corrected chi connectivity index (χ3v) is 2.82. The Morgan fingerprint density at radius 1 is 1.35 bits per heavy atom. The smallest absolute Gasteiger partial charge is 0.0656 e. The SMILES string of the molecule is C/C=C\C=C(/C)CN1CCC(C#N)CC1.CC. The van der Waals surface area contributed by atoms with E-state index in [0.717, 1.165) is 32.5 Å². The molecule has 0 atom stereocenters. The lowest BCUT2D eigenvalue weighted by Crippen LogP contribution is -2.34. The Bertz CT molecular complexity index is 276. The Balaban J connectivity index is 0.00000121. The van der Waals surface area contributed by atoms with Gasteiger partial charge in [-0.05, 0) is 39.8 Å². The monoisotopic (exact) mass is 234 g/mol. The topological polar surface area (TPSA) is 27.0 Å². The van der Waals surface area contributed by atoms with Crippen LogP contribution in [0, 0.1) is 17.2 Å². The second kappa shape index (κ2) is 10.1. The molecule has 0 aromatic rings. The van der Waals surface area contributed by atoms with Gasteiger partial charge in [-0.3, -0.25) is 4.90 Å². The maximum absolute atomic E-state index is 8.79. The van der Waals surface area contributed by atoms with Gasteiger partial charge in [0.2, 0.25) is 0 Å². The zero-order valence-corrected chi connectivity index (χ0v) is 11.7. The molecule has 0 saturated carbocycles. The van der Waals surface area contributed by atoms with E-state index in [1.807, 2.05) is 26.8 Å². The van der Waals surface area contributed by atoms with Crippen LogP contribution < -0.4 is 0 Å². The van der Waals surface area contributed by atoms with Gasteiger partial charge in [-0.1, -0.05) is 37.6 Å². The second-order valence-electron chi connectivity index (χ2n) is 4.22. The van der Waals surface area contributed by atoms with Gasteiger partial charge in [0.05, 0.1) is 6.07 Å². The number of piperidine rings is 1. The van der Waals surface area contributed by atoms with Crippen LogP contribution in [0.15, 0.2) is 23.8 Å². The van der Waals surface area contributed by atoms with Crippen molar-refractivity contribution in [2.45, 2.75) is 40.5 Å². The van der Waals surface area contributed by atoms with E-state index in [0.29, 0.717) is 5.92 Å². The van der Waals surface area contributed by atoms with Crippen LogP contribution in [-0.4, -0.2) is 24.5 Å². The third kappa shape index (κ3) is 6.97. The first kappa shape index (κ1) is 15.9. The minimum Gasteiger partial charge on any atom is -0.299 e. The molecule has 1 aliphatic heterocycles. The highest BCUT2D eigenvalue weighted by Gasteiger charge is 2.18. The summed E-state index contributed by atoms with van der Waals surface area (Å²) in [5, 5.41) is 8.79. The summed E-state index contributed by atoms with van der Waals surface area (Å²) >= 11 is 0. The quantitative estimate of drug-likeness (QED) is 0.695. The van der Waals surface area contributed by atoms with Crippen molar-refractivity contribution < 1.29 is 0 Å². The maximum Gasteiger partial charge on any atom is 0.0656 e. The standard InChI is InChI=1S/C13H20N2.C2H6/c1-3-4-5-12(2)11-15-8-6-13(10-14)7-9-15;1-2/h3-5,13H,6-9,11H2,1-2H3;1-2H3/b4-3-,12-5+;. The first-order valence-corrected chi connectivity index (χ1v) is 6.66. The van der Waals surface area contributed by atoms with Crippen LogP contribution in [0.4, 0.5) is 0 Å². The van der Waals surface area contributed by atoms with Crippen molar-refractivity contribution in [3.05, 3.63) is 23.8 Å². The number of likely N-dealkylation sites (tertiary alicyclic amines) is 1. The molecular weight excluding hydrogens is 208 g/mol. The summed E-state index contributed by atoms with van der Waals surface area (Å²) in [6, 6.07) is 2.36. The fraction of sp³-hybridized carbons (Fsp3) is 0.667. The molecule has 96 valence electrons. The number of hydrogen-bond donors (Lipinski definition) is 0. The molecule has 1 fully saturated rings. The molecule has 0 bridgehead atoms. The first-order chi connectivity index (χ1) is 8.26. The molecule has 17 heavy (non-hydrogen) atoms. The zero-order chi connectivity index (χ0) is 13.1. The van der Waals surface area contributed by atoms with Crippen LogP contribution in [0.25, 0.3) is 0 Å². The fourth-order valence-electron chi connectivity index (χ4n) is 1.89. The third-order valence-electron chi connectivity index (χ3n) is 2.82. The summed E-state index contributed by atoms with van der Waals surface area (Å²) in [5.74, 6) is 0.293. The van der Waals surface area contributed by atoms with Crippen molar-refractivity contribution in [1.82, 2.24) is 4.90 Å². The lowest BCUT2D eigenvalue weighted by Gasteiger charge is -2.29. The van der Waals surface area contributed by atoms with Gasteiger partial charge in [-0.15, -0.1) is 0 Å². The summed E-state index contributed by atoms with van der Waals surface area (Å²) in [7, 11) is 0. The van der Waals surface area contributed by atoms with Gasteiger partial charge in [0.25, 0.3) is 0 Å². The molecule has 1 aliphatic rings. The van der Waals surface area contributed by atoms with Gasteiger partial charge in [-0.2, -0.15) is 5.26 Å². The molecular formula is C15H26N2. The molecule has 0 N–H and O–H groups in total. The molecule has 0 aromatic heterocycles. The molecule has 0 spiro atoms. The summed E-state index contributed by atoms with van der Waals surface area (Å²) in [4.78, 5) is 2.43. The van der Waals surface area contributed by atoms with Crippen LogP contribution in [0.3, 0.4) is 0 Å². The summed E-state index contributed by atoms with van der Waals surface area (Å²) < 4.78 is 0. The van der Waals surface area contributed by atoms with E-state index < -0.39 is 0 Å². The lowest BCUT2D eigenvalue weighted by atomic mass is 9.98. The van der Waals surface area contributed by atoms with E-state index in [2.05, 4.69) is 30.0 Å². The predicted molar refractivity (Wildman–Crippen MR) is 74.7 cm³/mol. The molecule has 2 heteroatoms. The van der Waals surface area contributed by atoms with Crippen molar-refractivity contribution in [3.63, 3.8) is 0 Å². The Morgan fingerprint density at radius 2 is 1.94 bits per heavy atom. The van der Waals surface area contributed by atoms with E-state index in [1.54, 1.807) is 0 Å². The maximum atomic E-state index is 8.79. The minimum absolute atomic E-state index is 0.293. The molecule has 2 nitrogen and oxygen atoms in total. The summed E-state index contributed by atoms with van der Waals surface area (Å²) in [6.45, 7) is 11.4. The van der Waals surface area contributed by atoms with E-state index in [4.69, 9.17) is 5.26 Å². The molecule has 1 rings (SSSR count). The number of nitriles is 1. The van der Waals surface area contributed by atoms with Crippen LogP contribution in [-0.2, 0) is 0 Å². The number of hydrogen-bond acceptors (Lipinski definition) is 2. The Morgan fingerprint density at radius 3 is 2.41 bits per heavy atom. The Kier molecular flexibility index (Phi) is 9.47. The van der Waals surface area contributed by atoms with Crippen molar-refractivity contribution in [3.8, 4) is 6.07 Å². The van der Waals surface area contributed by atoms with Crippen LogP contribution in [0.2, 0.25) is 0 Å². The van der Waals surface area contributed by atoms with Gasteiger partial charge in [-0.25, -0.2) is 0 Å². The average Bonchev–Trinajstić information content (AvgIpc) is 2.39. The summed E-state index contributed by atoms with van der Waals surface area (Å²) in [6.07, 6.45) is 8.36. The summed E-state index contributed by atoms with van der Waals surface area (Å²) in [5.41, 5.74) is 1.39. The highest BCUT2D eigenvalue weighted by molar-refractivity contribution is 5.11. The predicted octanol–water partition coefficient (Wildman–Crippen LogP) is 3.77. The van der Waals surface area contributed by atoms with Gasteiger partial charge >= 0.3 is 0 Å². The average molecular weight is 234 g/mol. The zero-order valence-electron chi connectivity index (χ0n) is 11.7. The van der Waals surface area contributed by atoms with Crippen molar-refractivity contribution >= 4 is 0 Å². The lowest BCUT2D eigenvalue weighted by molar-refractivity contribution is 0.221. The van der Waals surface area contributed by atoms with Gasteiger partial charge < -0.3 is 0 Å².